The van der Waals surface area contributed by atoms with Gasteiger partial charge in [-0.3, -0.25) is 5.10 Å². The second-order valence-corrected chi connectivity index (χ2v) is 5.17. The van der Waals surface area contributed by atoms with Crippen LogP contribution in [0.1, 0.15) is 30.1 Å². The van der Waals surface area contributed by atoms with E-state index in [1.54, 1.807) is 12.1 Å². The number of H-pyrrole nitrogens is 1. The quantitative estimate of drug-likeness (QED) is 0.808. The maximum atomic E-state index is 13.3. The van der Waals surface area contributed by atoms with E-state index in [1.165, 1.54) is 23.7 Å². The molecule has 3 nitrogen and oxygen atoms in total. The molecule has 2 aromatic rings. The zero-order chi connectivity index (χ0) is 12.1. The summed E-state index contributed by atoms with van der Waals surface area (Å²) in [4.78, 5) is 0. The van der Waals surface area contributed by atoms with Crippen LogP contribution in [0.15, 0.2) is 24.3 Å². The van der Waals surface area contributed by atoms with Gasteiger partial charge < -0.3 is 5.32 Å². The lowest BCUT2D eigenvalue weighted by molar-refractivity contribution is 0.511. The molecule has 1 aromatic carbocycles. The fraction of sp³-hybridized carbons (Fsp3) is 0.357. The third-order valence-corrected chi connectivity index (χ3v) is 4.02. The van der Waals surface area contributed by atoms with Crippen molar-refractivity contribution in [1.29, 1.82) is 0 Å². The highest BCUT2D eigenvalue weighted by Gasteiger charge is 2.35. The molecule has 4 rings (SSSR count). The van der Waals surface area contributed by atoms with Crippen LogP contribution >= 0.6 is 0 Å². The minimum absolute atomic E-state index is 0.211. The minimum atomic E-state index is -0.211. The van der Waals surface area contributed by atoms with Gasteiger partial charge in [0.2, 0.25) is 0 Å². The fourth-order valence-corrected chi connectivity index (χ4v) is 3.23. The summed E-state index contributed by atoms with van der Waals surface area (Å²) in [5.41, 5.74) is 4.23. The molecule has 0 saturated carbocycles. The Balaban J connectivity index is 1.86. The normalized spacial score (nSPS) is 25.2. The van der Waals surface area contributed by atoms with Crippen molar-refractivity contribution >= 4 is 0 Å². The number of benzene rings is 1. The summed E-state index contributed by atoms with van der Waals surface area (Å²) in [5, 5.41) is 11.1. The molecule has 2 N–H and O–H groups in total. The Hall–Kier alpha value is -1.68. The molecule has 18 heavy (non-hydrogen) atoms. The molecule has 0 radical (unpaired) electrons. The molecule has 0 spiro atoms. The maximum absolute atomic E-state index is 13.3. The summed E-state index contributed by atoms with van der Waals surface area (Å²) in [6.45, 7) is 0. The average Bonchev–Trinajstić information content (AvgIpc) is 2.95. The fourth-order valence-electron chi connectivity index (χ4n) is 3.23. The molecule has 1 aromatic heterocycles. The van der Waals surface area contributed by atoms with Crippen LogP contribution in [0.2, 0.25) is 0 Å². The molecule has 2 aliphatic rings. The first-order valence-corrected chi connectivity index (χ1v) is 6.40. The number of halogens is 1. The number of rotatable bonds is 1. The minimum Gasteiger partial charge on any atom is -0.307 e. The Labute approximate surface area is 104 Å². The van der Waals surface area contributed by atoms with E-state index in [0.29, 0.717) is 12.1 Å². The second-order valence-electron chi connectivity index (χ2n) is 5.17. The third kappa shape index (κ3) is 1.42. The first-order chi connectivity index (χ1) is 8.81. The van der Waals surface area contributed by atoms with Crippen LogP contribution in [-0.4, -0.2) is 16.2 Å². The number of aromatic nitrogens is 2. The average molecular weight is 243 g/mol. The highest BCUT2D eigenvalue weighted by atomic mass is 19.1. The van der Waals surface area contributed by atoms with E-state index in [4.69, 9.17) is 0 Å². The SMILES string of the molecule is Fc1cccc(-c2n[nH]c3c2[C@@H]2CC[C@@H](C3)N2)c1. The number of aromatic amines is 1. The van der Waals surface area contributed by atoms with E-state index >= 15 is 0 Å². The van der Waals surface area contributed by atoms with Crippen molar-refractivity contribution in [3.05, 3.63) is 41.3 Å². The summed E-state index contributed by atoms with van der Waals surface area (Å²) in [6, 6.07) is 7.64. The number of hydrogen-bond donors (Lipinski definition) is 2. The zero-order valence-electron chi connectivity index (χ0n) is 9.91. The summed E-state index contributed by atoms with van der Waals surface area (Å²) in [5.74, 6) is -0.211. The molecule has 2 aliphatic heterocycles. The lowest BCUT2D eigenvalue weighted by Gasteiger charge is -2.21. The number of hydrogen-bond acceptors (Lipinski definition) is 2. The zero-order valence-corrected chi connectivity index (χ0v) is 9.91. The van der Waals surface area contributed by atoms with Crippen LogP contribution in [0, 0.1) is 5.82 Å². The van der Waals surface area contributed by atoms with E-state index in [2.05, 4.69) is 15.5 Å². The predicted molar refractivity (Wildman–Crippen MR) is 66.6 cm³/mol. The van der Waals surface area contributed by atoms with Crippen molar-refractivity contribution in [3.63, 3.8) is 0 Å². The summed E-state index contributed by atoms with van der Waals surface area (Å²) >= 11 is 0. The van der Waals surface area contributed by atoms with Gasteiger partial charge in [-0.05, 0) is 25.0 Å². The topological polar surface area (TPSA) is 40.7 Å². The maximum Gasteiger partial charge on any atom is 0.123 e. The molecular weight excluding hydrogens is 229 g/mol. The summed E-state index contributed by atoms with van der Waals surface area (Å²) in [7, 11) is 0. The van der Waals surface area contributed by atoms with Gasteiger partial charge >= 0.3 is 0 Å². The molecule has 2 atom stereocenters. The van der Waals surface area contributed by atoms with Gasteiger partial charge in [0.05, 0.1) is 5.69 Å². The molecule has 2 bridgehead atoms. The van der Waals surface area contributed by atoms with E-state index < -0.39 is 0 Å². The van der Waals surface area contributed by atoms with Crippen LogP contribution in [0.3, 0.4) is 0 Å². The van der Waals surface area contributed by atoms with Gasteiger partial charge in [0, 0.05) is 35.3 Å². The third-order valence-electron chi connectivity index (χ3n) is 4.02. The lowest BCUT2D eigenvalue weighted by Crippen LogP contribution is -2.31. The van der Waals surface area contributed by atoms with Crippen LogP contribution < -0.4 is 5.32 Å². The Bertz CT molecular complexity index is 605. The smallest absolute Gasteiger partial charge is 0.123 e. The van der Waals surface area contributed by atoms with Gasteiger partial charge in [0.15, 0.2) is 0 Å². The first-order valence-electron chi connectivity index (χ1n) is 6.40. The van der Waals surface area contributed by atoms with Crippen LogP contribution in [0.25, 0.3) is 11.3 Å². The molecule has 92 valence electrons. The molecular formula is C14H14FN3. The lowest BCUT2D eigenvalue weighted by atomic mass is 9.96. The first kappa shape index (κ1) is 10.3. The molecule has 0 unspecified atom stereocenters. The number of fused-ring (bicyclic) bond motifs is 4. The summed E-state index contributed by atoms with van der Waals surface area (Å²) in [6.07, 6.45) is 3.38. The van der Waals surface area contributed by atoms with Crippen molar-refractivity contribution in [1.82, 2.24) is 15.5 Å². The van der Waals surface area contributed by atoms with Gasteiger partial charge in [0.25, 0.3) is 0 Å². The largest absolute Gasteiger partial charge is 0.307 e. The van der Waals surface area contributed by atoms with Crippen molar-refractivity contribution in [2.45, 2.75) is 31.3 Å². The molecule has 1 fully saturated rings. The molecule has 1 saturated heterocycles. The van der Waals surface area contributed by atoms with E-state index in [9.17, 15) is 4.39 Å². The van der Waals surface area contributed by atoms with Gasteiger partial charge in [-0.2, -0.15) is 5.10 Å². The van der Waals surface area contributed by atoms with Crippen molar-refractivity contribution < 1.29 is 4.39 Å². The monoisotopic (exact) mass is 243 g/mol. The van der Waals surface area contributed by atoms with Gasteiger partial charge in [-0.1, -0.05) is 12.1 Å². The van der Waals surface area contributed by atoms with Crippen LogP contribution in [-0.2, 0) is 6.42 Å². The highest BCUT2D eigenvalue weighted by molar-refractivity contribution is 5.65. The molecule has 0 aliphatic carbocycles. The Morgan fingerprint density at radius 2 is 2.22 bits per heavy atom. The van der Waals surface area contributed by atoms with Crippen molar-refractivity contribution in [2.75, 3.05) is 0 Å². The van der Waals surface area contributed by atoms with Crippen LogP contribution in [0.4, 0.5) is 4.39 Å². The molecule has 4 heteroatoms. The number of nitrogens with one attached hydrogen (secondary N) is 2. The highest BCUT2D eigenvalue weighted by Crippen LogP contribution is 2.40. The van der Waals surface area contributed by atoms with Gasteiger partial charge in [0.1, 0.15) is 5.82 Å². The predicted octanol–water partition coefficient (Wildman–Crippen LogP) is 2.57. The van der Waals surface area contributed by atoms with E-state index in [0.717, 1.165) is 24.1 Å². The Kier molecular flexibility index (Phi) is 2.08. The van der Waals surface area contributed by atoms with E-state index in [-0.39, 0.29) is 5.82 Å². The Morgan fingerprint density at radius 3 is 3.11 bits per heavy atom. The van der Waals surface area contributed by atoms with E-state index in [1.807, 2.05) is 6.07 Å². The van der Waals surface area contributed by atoms with Gasteiger partial charge in [-0.25, -0.2) is 4.39 Å². The van der Waals surface area contributed by atoms with Crippen molar-refractivity contribution in [2.24, 2.45) is 0 Å². The number of nitrogens with zero attached hydrogens (tertiary/aromatic N) is 1. The van der Waals surface area contributed by atoms with Crippen LogP contribution in [0.5, 0.6) is 0 Å². The molecule has 3 heterocycles. The van der Waals surface area contributed by atoms with Gasteiger partial charge in [-0.15, -0.1) is 0 Å². The second kappa shape index (κ2) is 3.65. The Morgan fingerprint density at radius 1 is 1.28 bits per heavy atom. The molecule has 0 amide bonds. The summed E-state index contributed by atoms with van der Waals surface area (Å²) < 4.78 is 13.3. The van der Waals surface area contributed by atoms with Crippen molar-refractivity contribution in [3.8, 4) is 11.3 Å². The standard InChI is InChI=1S/C14H14FN3/c15-9-3-1-2-8(6-9)14-13-11-5-4-10(16-11)7-12(13)17-18-14/h1-3,6,10-11,16H,4-5,7H2,(H,17,18)/t10-,11-/m0/s1.